The van der Waals surface area contributed by atoms with Crippen LogP contribution in [0, 0.1) is 5.92 Å². The van der Waals surface area contributed by atoms with Crippen molar-refractivity contribution in [1.82, 2.24) is 15.5 Å². The Balaban J connectivity index is 2.29. The first-order chi connectivity index (χ1) is 10.4. The lowest BCUT2D eigenvalue weighted by Gasteiger charge is -2.15. The molecular formula is C17H29N3O2. The predicted molar refractivity (Wildman–Crippen MR) is 89.5 cm³/mol. The first-order valence-electron chi connectivity index (χ1n) is 7.79. The highest BCUT2D eigenvalue weighted by Gasteiger charge is 2.08. The highest BCUT2D eigenvalue weighted by molar-refractivity contribution is 5.73. The summed E-state index contributed by atoms with van der Waals surface area (Å²) in [5, 5.41) is 15.0. The first kappa shape index (κ1) is 18.5. The van der Waals surface area contributed by atoms with Gasteiger partial charge in [-0.25, -0.2) is 4.79 Å². The Bertz CT molecular complexity index is 444. The maximum absolute atomic E-state index is 11.7. The maximum atomic E-state index is 11.7. The molecule has 0 aromatic heterocycles. The van der Waals surface area contributed by atoms with E-state index in [2.05, 4.69) is 27.7 Å². The largest absolute Gasteiger partial charge is 0.393 e. The number of carbonyl (C=O) groups excluding carboxylic acids is 1. The molecule has 0 heterocycles. The van der Waals surface area contributed by atoms with Crippen LogP contribution >= 0.6 is 0 Å². The molecule has 0 fully saturated rings. The average molecular weight is 307 g/mol. The lowest BCUT2D eigenvalue weighted by Crippen LogP contribution is -2.37. The molecule has 124 valence electrons. The van der Waals surface area contributed by atoms with Gasteiger partial charge in [0.1, 0.15) is 0 Å². The van der Waals surface area contributed by atoms with Crippen molar-refractivity contribution in [2.75, 3.05) is 20.6 Å². The molecule has 0 bridgehead atoms. The number of aliphatic hydroxyl groups excluding tert-OH is 1. The highest BCUT2D eigenvalue weighted by atomic mass is 16.3. The van der Waals surface area contributed by atoms with Crippen LogP contribution in [0.1, 0.15) is 31.4 Å². The van der Waals surface area contributed by atoms with Crippen molar-refractivity contribution in [3.63, 3.8) is 0 Å². The van der Waals surface area contributed by atoms with Crippen molar-refractivity contribution in [3.05, 3.63) is 35.4 Å². The molecule has 2 atom stereocenters. The number of rotatable bonds is 8. The monoisotopic (exact) mass is 307 g/mol. The van der Waals surface area contributed by atoms with Gasteiger partial charge >= 0.3 is 6.03 Å². The van der Waals surface area contributed by atoms with Gasteiger partial charge in [0.2, 0.25) is 0 Å². The van der Waals surface area contributed by atoms with Crippen LogP contribution in [-0.2, 0) is 13.1 Å². The zero-order valence-electron chi connectivity index (χ0n) is 14.1. The molecule has 0 radical (unpaired) electrons. The van der Waals surface area contributed by atoms with E-state index in [9.17, 15) is 9.90 Å². The SMILES string of the molecule is CC(O)CC(C)CNC(=O)NCc1ccc(CN(C)C)cc1. The minimum absolute atomic E-state index is 0.171. The average Bonchev–Trinajstić information content (AvgIpc) is 2.43. The van der Waals surface area contributed by atoms with Gasteiger partial charge in [-0.2, -0.15) is 0 Å². The van der Waals surface area contributed by atoms with E-state index in [1.165, 1.54) is 5.56 Å². The Kier molecular flexibility index (Phi) is 7.91. The van der Waals surface area contributed by atoms with Crippen molar-refractivity contribution < 1.29 is 9.90 Å². The third-order valence-electron chi connectivity index (χ3n) is 3.33. The summed E-state index contributed by atoms with van der Waals surface area (Å²) < 4.78 is 0. The number of carbonyl (C=O) groups is 1. The van der Waals surface area contributed by atoms with Crippen LogP contribution < -0.4 is 10.6 Å². The Hall–Kier alpha value is -1.59. The molecule has 0 saturated heterocycles. The minimum Gasteiger partial charge on any atom is -0.393 e. The summed E-state index contributed by atoms with van der Waals surface area (Å²) in [5.41, 5.74) is 2.33. The molecule has 22 heavy (non-hydrogen) atoms. The summed E-state index contributed by atoms with van der Waals surface area (Å²) in [6.07, 6.45) is 0.355. The summed E-state index contributed by atoms with van der Waals surface area (Å²) in [7, 11) is 4.08. The van der Waals surface area contributed by atoms with Crippen LogP contribution in [0.3, 0.4) is 0 Å². The second kappa shape index (κ2) is 9.43. The second-order valence-corrected chi connectivity index (χ2v) is 6.31. The summed E-state index contributed by atoms with van der Waals surface area (Å²) in [6, 6.07) is 8.07. The van der Waals surface area contributed by atoms with Crippen molar-refractivity contribution in [1.29, 1.82) is 0 Å². The normalized spacial score (nSPS) is 13.7. The van der Waals surface area contributed by atoms with E-state index in [-0.39, 0.29) is 18.1 Å². The standard InChI is InChI=1S/C17H29N3O2/c1-13(9-14(2)21)10-18-17(22)19-11-15-5-7-16(8-6-15)12-20(3)4/h5-8,13-14,21H,9-12H2,1-4H3,(H2,18,19,22). The lowest BCUT2D eigenvalue weighted by molar-refractivity contribution is 0.163. The van der Waals surface area contributed by atoms with Crippen molar-refractivity contribution in [3.8, 4) is 0 Å². The lowest BCUT2D eigenvalue weighted by atomic mass is 10.1. The molecule has 0 saturated carbocycles. The van der Waals surface area contributed by atoms with Gasteiger partial charge < -0.3 is 20.6 Å². The Labute approximate surface area is 133 Å². The summed E-state index contributed by atoms with van der Waals surface area (Å²) in [6.45, 7) is 5.76. The fraction of sp³-hybridized carbons (Fsp3) is 0.588. The van der Waals surface area contributed by atoms with Crippen LogP contribution in [0.15, 0.2) is 24.3 Å². The fourth-order valence-electron chi connectivity index (χ4n) is 2.31. The molecule has 2 amide bonds. The quantitative estimate of drug-likeness (QED) is 0.688. The molecule has 2 unspecified atom stereocenters. The van der Waals surface area contributed by atoms with Crippen LogP contribution in [0.5, 0.6) is 0 Å². The van der Waals surface area contributed by atoms with Crippen molar-refractivity contribution in [2.24, 2.45) is 5.92 Å². The number of aliphatic hydroxyl groups is 1. The zero-order valence-corrected chi connectivity index (χ0v) is 14.1. The number of hydrogen-bond donors (Lipinski definition) is 3. The smallest absolute Gasteiger partial charge is 0.315 e. The van der Waals surface area contributed by atoms with Crippen molar-refractivity contribution >= 4 is 6.03 Å². The molecule has 1 rings (SSSR count). The molecular weight excluding hydrogens is 278 g/mol. The summed E-state index contributed by atoms with van der Waals surface area (Å²) in [4.78, 5) is 13.8. The van der Waals surface area contributed by atoms with Crippen LogP contribution in [-0.4, -0.2) is 42.8 Å². The summed E-state index contributed by atoms with van der Waals surface area (Å²) >= 11 is 0. The number of amides is 2. The van der Waals surface area contributed by atoms with E-state index in [1.807, 2.05) is 33.2 Å². The molecule has 0 spiro atoms. The van der Waals surface area contributed by atoms with Gasteiger partial charge in [-0.05, 0) is 44.5 Å². The van der Waals surface area contributed by atoms with E-state index >= 15 is 0 Å². The predicted octanol–water partition coefficient (Wildman–Crippen LogP) is 1.95. The number of nitrogens with zero attached hydrogens (tertiary/aromatic N) is 1. The van der Waals surface area contributed by atoms with Gasteiger partial charge in [-0.3, -0.25) is 0 Å². The topological polar surface area (TPSA) is 64.6 Å². The van der Waals surface area contributed by atoms with E-state index < -0.39 is 0 Å². The van der Waals surface area contributed by atoms with E-state index in [0.29, 0.717) is 19.5 Å². The van der Waals surface area contributed by atoms with Crippen LogP contribution in [0.4, 0.5) is 4.79 Å². The third kappa shape index (κ3) is 8.00. The molecule has 5 nitrogen and oxygen atoms in total. The zero-order chi connectivity index (χ0) is 16.5. The van der Waals surface area contributed by atoms with Gasteiger partial charge in [0.25, 0.3) is 0 Å². The Morgan fingerprint density at radius 1 is 1.14 bits per heavy atom. The maximum Gasteiger partial charge on any atom is 0.315 e. The van der Waals surface area contributed by atoms with E-state index in [4.69, 9.17) is 0 Å². The summed E-state index contributed by atoms with van der Waals surface area (Å²) in [5.74, 6) is 0.260. The fourth-order valence-corrected chi connectivity index (χ4v) is 2.31. The van der Waals surface area contributed by atoms with Crippen molar-refractivity contribution in [2.45, 2.75) is 39.5 Å². The molecule has 3 N–H and O–H groups in total. The van der Waals surface area contributed by atoms with Gasteiger partial charge in [0, 0.05) is 19.6 Å². The highest BCUT2D eigenvalue weighted by Crippen LogP contribution is 2.06. The molecule has 0 aliphatic heterocycles. The van der Waals surface area contributed by atoms with E-state index in [0.717, 1.165) is 12.1 Å². The number of nitrogens with one attached hydrogen (secondary N) is 2. The molecule has 0 aliphatic carbocycles. The third-order valence-corrected chi connectivity index (χ3v) is 3.33. The molecule has 5 heteroatoms. The van der Waals surface area contributed by atoms with Gasteiger partial charge in [0.15, 0.2) is 0 Å². The Morgan fingerprint density at radius 2 is 1.73 bits per heavy atom. The number of benzene rings is 1. The van der Waals surface area contributed by atoms with Crippen LogP contribution in [0.2, 0.25) is 0 Å². The molecule has 1 aromatic rings. The minimum atomic E-state index is -0.333. The van der Waals surface area contributed by atoms with Gasteiger partial charge in [0.05, 0.1) is 6.10 Å². The Morgan fingerprint density at radius 3 is 2.27 bits per heavy atom. The first-order valence-corrected chi connectivity index (χ1v) is 7.79. The molecule has 1 aromatic carbocycles. The second-order valence-electron chi connectivity index (χ2n) is 6.31. The number of urea groups is 1. The molecule has 0 aliphatic rings. The van der Waals surface area contributed by atoms with Gasteiger partial charge in [-0.1, -0.05) is 31.2 Å². The van der Waals surface area contributed by atoms with Crippen LogP contribution in [0.25, 0.3) is 0 Å². The van der Waals surface area contributed by atoms with E-state index in [1.54, 1.807) is 6.92 Å². The number of hydrogen-bond acceptors (Lipinski definition) is 3. The van der Waals surface area contributed by atoms with Gasteiger partial charge in [-0.15, -0.1) is 0 Å².